The summed E-state index contributed by atoms with van der Waals surface area (Å²) in [5.41, 5.74) is 8.90. The number of benzene rings is 6. The molecule has 3 aromatic heterocycles. The molecule has 6 nitrogen and oxygen atoms in total. The molecule has 0 saturated heterocycles. The fourth-order valence-electron chi connectivity index (χ4n) is 6.40. The molecule has 49 heavy (non-hydrogen) atoms. The average molecular weight is 629 g/mol. The van der Waals surface area contributed by atoms with Crippen molar-refractivity contribution in [1.82, 2.24) is 29.5 Å². The predicted molar refractivity (Wildman–Crippen MR) is 197 cm³/mol. The first-order valence-corrected chi connectivity index (χ1v) is 16.2. The van der Waals surface area contributed by atoms with E-state index >= 15 is 0 Å². The number of para-hydroxylation sites is 2. The van der Waals surface area contributed by atoms with Gasteiger partial charge >= 0.3 is 0 Å². The first-order chi connectivity index (χ1) is 24.3. The van der Waals surface area contributed by atoms with E-state index < -0.39 is 0 Å². The average Bonchev–Trinajstić information content (AvgIpc) is 3.58. The minimum absolute atomic E-state index is 0.633. The Kier molecular flexibility index (Phi) is 7.02. The van der Waals surface area contributed by atoms with Crippen LogP contribution in [-0.2, 0) is 0 Å². The number of nitrogens with zero attached hydrogens (tertiary/aromatic N) is 6. The summed E-state index contributed by atoms with van der Waals surface area (Å²) in [5.74, 6) is 2.74. The summed E-state index contributed by atoms with van der Waals surface area (Å²) in [5, 5.41) is 2.28. The molecule has 9 rings (SSSR count). The van der Waals surface area contributed by atoms with Crippen LogP contribution < -0.4 is 0 Å². The number of hydrogen-bond acceptors (Lipinski definition) is 5. The SMILES string of the molecule is c1ccc(-c2nc(-c3ccccc3)nc(-c3ccc(-c4ccc(-n5c(-c6ccccn6)nc6ccccc65)c5ccccc45)cc3)n2)cc1. The summed E-state index contributed by atoms with van der Waals surface area (Å²) in [7, 11) is 0. The van der Waals surface area contributed by atoms with E-state index in [0.717, 1.165) is 66.8 Å². The van der Waals surface area contributed by atoms with E-state index in [2.05, 4.69) is 88.4 Å². The molecule has 6 heteroatoms. The van der Waals surface area contributed by atoms with Gasteiger partial charge in [-0.3, -0.25) is 9.55 Å². The lowest BCUT2D eigenvalue weighted by Gasteiger charge is -2.15. The van der Waals surface area contributed by atoms with Gasteiger partial charge in [0.25, 0.3) is 0 Å². The topological polar surface area (TPSA) is 69.4 Å². The van der Waals surface area contributed by atoms with Gasteiger partial charge in [0.2, 0.25) is 0 Å². The van der Waals surface area contributed by atoms with E-state index in [9.17, 15) is 0 Å². The van der Waals surface area contributed by atoms with Gasteiger partial charge < -0.3 is 0 Å². The fraction of sp³-hybridized carbons (Fsp3) is 0. The molecule has 0 N–H and O–H groups in total. The smallest absolute Gasteiger partial charge is 0.164 e. The Morgan fingerprint density at radius 2 is 0.939 bits per heavy atom. The summed E-state index contributed by atoms with van der Waals surface area (Å²) < 4.78 is 2.22. The van der Waals surface area contributed by atoms with Crippen molar-refractivity contribution >= 4 is 21.8 Å². The van der Waals surface area contributed by atoms with Crippen molar-refractivity contribution in [3.63, 3.8) is 0 Å². The Labute approximate surface area is 283 Å². The van der Waals surface area contributed by atoms with Crippen molar-refractivity contribution in [3.05, 3.63) is 170 Å². The number of hydrogen-bond donors (Lipinski definition) is 0. The molecular formula is C43H28N6. The Hall–Kier alpha value is -6.79. The molecule has 9 aromatic rings. The van der Waals surface area contributed by atoms with Gasteiger partial charge in [-0.25, -0.2) is 19.9 Å². The lowest BCUT2D eigenvalue weighted by molar-refractivity contribution is 1.07. The van der Waals surface area contributed by atoms with Crippen LogP contribution in [0.25, 0.3) is 84.3 Å². The number of pyridine rings is 1. The molecule has 230 valence electrons. The Morgan fingerprint density at radius 3 is 1.59 bits per heavy atom. The van der Waals surface area contributed by atoms with Crippen LogP contribution in [-0.4, -0.2) is 29.5 Å². The Balaban J connectivity index is 1.15. The number of fused-ring (bicyclic) bond motifs is 2. The van der Waals surface area contributed by atoms with Crippen LogP contribution in [0, 0.1) is 0 Å². The highest BCUT2D eigenvalue weighted by molar-refractivity contribution is 6.02. The summed E-state index contributed by atoms with van der Waals surface area (Å²) >= 11 is 0. The van der Waals surface area contributed by atoms with Gasteiger partial charge in [-0.15, -0.1) is 0 Å². The van der Waals surface area contributed by atoms with Crippen molar-refractivity contribution in [2.45, 2.75) is 0 Å². The highest BCUT2D eigenvalue weighted by Crippen LogP contribution is 2.37. The van der Waals surface area contributed by atoms with E-state index in [4.69, 9.17) is 19.9 Å². The maximum atomic E-state index is 5.02. The van der Waals surface area contributed by atoms with Crippen LogP contribution in [0.5, 0.6) is 0 Å². The minimum atomic E-state index is 0.633. The molecule has 0 amide bonds. The molecule has 0 aliphatic rings. The highest BCUT2D eigenvalue weighted by Gasteiger charge is 2.18. The van der Waals surface area contributed by atoms with E-state index in [1.165, 1.54) is 0 Å². The van der Waals surface area contributed by atoms with Gasteiger partial charge in [0.15, 0.2) is 23.3 Å². The molecule has 0 aliphatic carbocycles. The highest BCUT2D eigenvalue weighted by atomic mass is 15.1. The number of rotatable bonds is 6. The predicted octanol–water partition coefficient (Wildman–Crippen LogP) is 10.1. The Bertz CT molecular complexity index is 2520. The van der Waals surface area contributed by atoms with Crippen LogP contribution >= 0.6 is 0 Å². The molecule has 6 aromatic carbocycles. The third-order valence-corrected chi connectivity index (χ3v) is 8.75. The fourth-order valence-corrected chi connectivity index (χ4v) is 6.40. The zero-order valence-corrected chi connectivity index (χ0v) is 26.3. The molecule has 0 saturated carbocycles. The van der Waals surface area contributed by atoms with Crippen LogP contribution in [0.3, 0.4) is 0 Å². The van der Waals surface area contributed by atoms with Gasteiger partial charge in [-0.1, -0.05) is 133 Å². The molecule has 0 aliphatic heterocycles. The van der Waals surface area contributed by atoms with Crippen LogP contribution in [0.2, 0.25) is 0 Å². The summed E-state index contributed by atoms with van der Waals surface area (Å²) in [6, 6.07) is 55.7. The first kappa shape index (κ1) is 28.4. The van der Waals surface area contributed by atoms with Crippen LogP contribution in [0.4, 0.5) is 0 Å². The van der Waals surface area contributed by atoms with Gasteiger partial charge in [0.1, 0.15) is 5.69 Å². The Morgan fingerprint density at radius 1 is 0.388 bits per heavy atom. The normalized spacial score (nSPS) is 11.3. The van der Waals surface area contributed by atoms with Crippen molar-refractivity contribution in [1.29, 1.82) is 0 Å². The van der Waals surface area contributed by atoms with Crippen molar-refractivity contribution in [2.75, 3.05) is 0 Å². The number of imidazole rings is 1. The van der Waals surface area contributed by atoms with Crippen molar-refractivity contribution in [3.8, 4) is 62.5 Å². The van der Waals surface area contributed by atoms with Gasteiger partial charge in [-0.2, -0.15) is 0 Å². The third-order valence-electron chi connectivity index (χ3n) is 8.75. The lowest BCUT2D eigenvalue weighted by Crippen LogP contribution is -2.00. The summed E-state index contributed by atoms with van der Waals surface area (Å²) in [4.78, 5) is 24.3. The standard InChI is InChI=1S/C43H28N6/c1-3-13-30(14-4-1)40-46-41(31-15-5-2-6-16-31)48-42(47-40)32-24-22-29(23-25-32)33-26-27-38(35-18-8-7-17-34(33)35)49-39-21-10-9-19-36(39)45-43(49)37-20-11-12-28-44-37/h1-28H. The number of aromatic nitrogens is 6. The van der Waals surface area contributed by atoms with Gasteiger partial charge in [0, 0.05) is 28.3 Å². The molecule has 0 spiro atoms. The largest absolute Gasteiger partial charge is 0.290 e. The maximum Gasteiger partial charge on any atom is 0.164 e. The molecule has 0 fully saturated rings. The van der Waals surface area contributed by atoms with Gasteiger partial charge in [0.05, 0.1) is 16.7 Å². The molecule has 0 unspecified atom stereocenters. The van der Waals surface area contributed by atoms with Gasteiger partial charge in [-0.05, 0) is 46.8 Å². The zero-order valence-electron chi connectivity index (χ0n) is 26.3. The van der Waals surface area contributed by atoms with Crippen LogP contribution in [0.15, 0.2) is 170 Å². The van der Waals surface area contributed by atoms with E-state index in [1.54, 1.807) is 0 Å². The van der Waals surface area contributed by atoms with E-state index in [-0.39, 0.29) is 0 Å². The summed E-state index contributed by atoms with van der Waals surface area (Å²) in [6.45, 7) is 0. The molecular weight excluding hydrogens is 601 g/mol. The zero-order chi connectivity index (χ0) is 32.6. The molecule has 0 atom stereocenters. The lowest BCUT2D eigenvalue weighted by atomic mass is 9.96. The monoisotopic (exact) mass is 628 g/mol. The second kappa shape index (κ2) is 12.1. The minimum Gasteiger partial charge on any atom is -0.290 e. The molecule has 0 radical (unpaired) electrons. The summed E-state index contributed by atoms with van der Waals surface area (Å²) in [6.07, 6.45) is 1.81. The molecule has 3 heterocycles. The maximum absolute atomic E-state index is 5.02. The van der Waals surface area contributed by atoms with E-state index in [1.807, 2.05) is 91.1 Å². The quantitative estimate of drug-likeness (QED) is 0.183. The van der Waals surface area contributed by atoms with E-state index in [0.29, 0.717) is 17.5 Å². The first-order valence-electron chi connectivity index (χ1n) is 16.2. The molecule has 0 bridgehead atoms. The second-order valence-corrected chi connectivity index (χ2v) is 11.8. The second-order valence-electron chi connectivity index (χ2n) is 11.8. The van der Waals surface area contributed by atoms with Crippen LogP contribution in [0.1, 0.15) is 0 Å². The van der Waals surface area contributed by atoms with Crippen molar-refractivity contribution in [2.24, 2.45) is 0 Å². The van der Waals surface area contributed by atoms with Crippen molar-refractivity contribution < 1.29 is 0 Å². The third kappa shape index (κ3) is 5.22.